The molecule has 2 atom stereocenters. The Balaban J connectivity index is 2.31. The highest BCUT2D eigenvalue weighted by Crippen LogP contribution is 2.23. The summed E-state index contributed by atoms with van der Waals surface area (Å²) in [5.41, 5.74) is 4.92. The van der Waals surface area contributed by atoms with Crippen LogP contribution in [0.2, 0.25) is 0 Å². The van der Waals surface area contributed by atoms with Crippen molar-refractivity contribution in [2.75, 3.05) is 23.8 Å². The molecule has 3 amide bonds. The van der Waals surface area contributed by atoms with Crippen molar-refractivity contribution in [3.8, 4) is 0 Å². The summed E-state index contributed by atoms with van der Waals surface area (Å²) in [7, 11) is 0. The highest BCUT2D eigenvalue weighted by molar-refractivity contribution is 8.06. The van der Waals surface area contributed by atoms with Crippen molar-refractivity contribution in [1.82, 2.24) is 10.6 Å². The molecule has 7 nitrogen and oxygen atoms in total. The molecule has 1 saturated heterocycles. The average Bonchev–Trinajstić information content (AvgIpc) is 2.36. The Hall–Kier alpha value is -1.09. The van der Waals surface area contributed by atoms with Crippen molar-refractivity contribution < 1.29 is 19.5 Å². The third-order valence-corrected chi connectivity index (χ3v) is 5.23. The van der Waals surface area contributed by atoms with E-state index in [2.05, 4.69) is 10.6 Å². The van der Waals surface area contributed by atoms with E-state index in [0.717, 1.165) is 17.3 Å². The molecule has 0 radical (unpaired) electrons. The number of nitrogens with two attached hydrogens (primary N) is 1. The van der Waals surface area contributed by atoms with Crippen LogP contribution < -0.4 is 16.4 Å². The Morgan fingerprint density at radius 3 is 2.63 bits per heavy atom. The van der Waals surface area contributed by atoms with Gasteiger partial charge >= 0.3 is 12.0 Å². The fraction of sp³-hybridized carbons (Fsp3) is 0.700. The number of carboxylic acid groups (broad SMARTS) is 1. The van der Waals surface area contributed by atoms with Crippen molar-refractivity contribution in [3.63, 3.8) is 0 Å². The van der Waals surface area contributed by atoms with Crippen LogP contribution in [-0.4, -0.2) is 58.1 Å². The second-order valence-corrected chi connectivity index (χ2v) is 6.54. The molecule has 1 aliphatic rings. The normalized spacial score (nSPS) is 20.3. The number of rotatable bonds is 6. The van der Waals surface area contributed by atoms with E-state index in [1.54, 1.807) is 11.8 Å². The number of carbonyl (C=O) groups is 3. The van der Waals surface area contributed by atoms with Crippen LogP contribution in [0.5, 0.6) is 0 Å². The molecule has 0 aliphatic carbocycles. The highest BCUT2D eigenvalue weighted by atomic mass is 32.2. The fourth-order valence-corrected chi connectivity index (χ4v) is 4.08. The van der Waals surface area contributed by atoms with E-state index in [4.69, 9.17) is 10.8 Å². The van der Waals surface area contributed by atoms with Crippen LogP contribution in [0.25, 0.3) is 0 Å². The van der Waals surface area contributed by atoms with E-state index >= 15 is 0 Å². The molecule has 9 heteroatoms. The minimum atomic E-state index is -1.29. The number of hydrogen-bond donors (Lipinski definition) is 4. The van der Waals surface area contributed by atoms with Crippen LogP contribution in [-0.2, 0) is 9.59 Å². The summed E-state index contributed by atoms with van der Waals surface area (Å²) < 4.78 is 0. The summed E-state index contributed by atoms with van der Waals surface area (Å²) in [6.45, 7) is 0.479. The van der Waals surface area contributed by atoms with Gasteiger partial charge in [-0.2, -0.15) is 23.5 Å². The van der Waals surface area contributed by atoms with Gasteiger partial charge in [0.1, 0.15) is 6.04 Å². The lowest BCUT2D eigenvalue weighted by Gasteiger charge is -2.21. The highest BCUT2D eigenvalue weighted by Gasteiger charge is 2.22. The van der Waals surface area contributed by atoms with Gasteiger partial charge in [0.2, 0.25) is 5.91 Å². The van der Waals surface area contributed by atoms with Gasteiger partial charge in [0.15, 0.2) is 0 Å². The first kappa shape index (κ1) is 16.0. The zero-order valence-corrected chi connectivity index (χ0v) is 11.9. The molecule has 1 heterocycles. The summed E-state index contributed by atoms with van der Waals surface area (Å²) in [6, 6.07) is -1.88. The quantitative estimate of drug-likeness (QED) is 0.523. The second-order valence-electron chi connectivity index (χ2n) is 3.98. The van der Waals surface area contributed by atoms with Crippen molar-refractivity contribution in [1.29, 1.82) is 0 Å². The van der Waals surface area contributed by atoms with E-state index in [0.29, 0.717) is 11.8 Å². The van der Waals surface area contributed by atoms with Crippen LogP contribution in [0.15, 0.2) is 0 Å². The number of amides is 3. The molecule has 0 aromatic heterocycles. The minimum absolute atomic E-state index is 0.337. The number of urea groups is 1. The number of carboxylic acids is 1. The zero-order chi connectivity index (χ0) is 14.3. The smallest absolute Gasteiger partial charge is 0.326 e. The molecule has 0 bridgehead atoms. The Morgan fingerprint density at radius 2 is 2.11 bits per heavy atom. The molecule has 0 spiro atoms. The standard InChI is InChI=1S/C10H17N3O4S2/c11-8(14)3-7(9(15)16)13-10(17)12-4-6-5-18-1-2-19-6/h6-7H,1-5H2,(H2,11,14)(H,15,16)(H2,12,13,17)/t6?,7-/m1/s1. The maximum Gasteiger partial charge on any atom is 0.326 e. The van der Waals surface area contributed by atoms with E-state index < -0.39 is 30.4 Å². The number of hydrogen-bond acceptors (Lipinski definition) is 5. The SMILES string of the molecule is NC(=O)C[C@@H](NC(=O)NCC1CSCCS1)C(=O)O. The fourth-order valence-electron chi connectivity index (χ4n) is 1.47. The topological polar surface area (TPSA) is 122 Å². The van der Waals surface area contributed by atoms with Crippen molar-refractivity contribution >= 4 is 41.4 Å². The lowest BCUT2D eigenvalue weighted by Crippen LogP contribution is -2.49. The van der Waals surface area contributed by atoms with E-state index in [1.807, 2.05) is 11.8 Å². The van der Waals surface area contributed by atoms with Gasteiger partial charge < -0.3 is 21.5 Å². The van der Waals surface area contributed by atoms with Crippen LogP contribution in [0.1, 0.15) is 6.42 Å². The first-order valence-electron chi connectivity index (χ1n) is 5.74. The number of aliphatic carboxylic acids is 1. The van der Waals surface area contributed by atoms with Gasteiger partial charge in [0.25, 0.3) is 0 Å². The first-order chi connectivity index (χ1) is 8.99. The van der Waals surface area contributed by atoms with Crippen molar-refractivity contribution in [2.45, 2.75) is 17.7 Å². The van der Waals surface area contributed by atoms with Crippen LogP contribution in [0.3, 0.4) is 0 Å². The number of carbonyl (C=O) groups excluding carboxylic acids is 2. The summed E-state index contributed by atoms with van der Waals surface area (Å²) in [4.78, 5) is 33.0. The van der Waals surface area contributed by atoms with Gasteiger partial charge in [-0.15, -0.1) is 0 Å². The number of thioether (sulfide) groups is 2. The molecule has 1 fully saturated rings. The molecule has 5 N–H and O–H groups in total. The number of nitrogens with one attached hydrogen (secondary N) is 2. The summed E-state index contributed by atoms with van der Waals surface area (Å²) in [5, 5.41) is 14.0. The van der Waals surface area contributed by atoms with Gasteiger partial charge in [-0.1, -0.05) is 0 Å². The first-order valence-corrected chi connectivity index (χ1v) is 7.94. The summed E-state index contributed by atoms with van der Waals surface area (Å²) >= 11 is 3.62. The van der Waals surface area contributed by atoms with E-state index in [1.165, 1.54) is 0 Å². The second kappa shape index (κ2) is 8.16. The molecule has 1 aliphatic heterocycles. The minimum Gasteiger partial charge on any atom is -0.480 e. The maximum atomic E-state index is 11.5. The van der Waals surface area contributed by atoms with Crippen LogP contribution >= 0.6 is 23.5 Å². The molecular weight excluding hydrogens is 290 g/mol. The molecular formula is C10H17N3O4S2. The van der Waals surface area contributed by atoms with Crippen LogP contribution in [0, 0.1) is 0 Å². The van der Waals surface area contributed by atoms with E-state index in [9.17, 15) is 14.4 Å². The predicted molar refractivity (Wildman–Crippen MR) is 75.3 cm³/mol. The van der Waals surface area contributed by atoms with Gasteiger partial charge in [-0.05, 0) is 0 Å². The Morgan fingerprint density at radius 1 is 1.37 bits per heavy atom. The van der Waals surface area contributed by atoms with Gasteiger partial charge in [0.05, 0.1) is 6.42 Å². The van der Waals surface area contributed by atoms with Crippen molar-refractivity contribution in [2.24, 2.45) is 5.73 Å². The van der Waals surface area contributed by atoms with Gasteiger partial charge in [-0.3, -0.25) is 4.79 Å². The molecule has 1 unspecified atom stereocenters. The average molecular weight is 307 g/mol. The molecule has 0 aromatic rings. The molecule has 0 saturated carbocycles. The molecule has 1 rings (SSSR count). The van der Waals surface area contributed by atoms with E-state index in [-0.39, 0.29) is 0 Å². The van der Waals surface area contributed by atoms with Gasteiger partial charge in [-0.25, -0.2) is 9.59 Å². The molecule has 0 aromatic carbocycles. The Kier molecular flexibility index (Phi) is 6.85. The maximum absolute atomic E-state index is 11.5. The monoisotopic (exact) mass is 307 g/mol. The third kappa shape index (κ3) is 6.58. The largest absolute Gasteiger partial charge is 0.480 e. The summed E-state index contributed by atoms with van der Waals surface area (Å²) in [5.74, 6) is 1.09. The zero-order valence-electron chi connectivity index (χ0n) is 10.3. The van der Waals surface area contributed by atoms with Crippen LogP contribution in [0.4, 0.5) is 4.79 Å². The van der Waals surface area contributed by atoms with Gasteiger partial charge in [0, 0.05) is 29.1 Å². The third-order valence-electron chi connectivity index (χ3n) is 2.38. The lowest BCUT2D eigenvalue weighted by molar-refractivity contribution is -0.140. The Bertz CT molecular complexity index is 348. The lowest BCUT2D eigenvalue weighted by atomic mass is 10.2. The summed E-state index contributed by atoms with van der Waals surface area (Å²) in [6.07, 6.45) is -0.420. The molecule has 108 valence electrons. The molecule has 19 heavy (non-hydrogen) atoms. The predicted octanol–water partition coefficient (Wildman–Crippen LogP) is -0.537. The van der Waals surface area contributed by atoms with Crippen molar-refractivity contribution in [3.05, 3.63) is 0 Å². The number of primary amides is 1. The Labute approximate surface area is 119 Å².